The molecule has 0 fully saturated rings. The summed E-state index contributed by atoms with van der Waals surface area (Å²) in [5.74, 6) is 2.29. The van der Waals surface area contributed by atoms with Crippen molar-refractivity contribution in [3.63, 3.8) is 0 Å². The average Bonchev–Trinajstić information content (AvgIpc) is 3.34. The second-order valence-electron chi connectivity index (χ2n) is 7.27. The lowest BCUT2D eigenvalue weighted by atomic mass is 10.0. The fraction of sp³-hybridized carbons (Fsp3) is 0.421. The first-order chi connectivity index (χ1) is 13.6. The zero-order valence-corrected chi connectivity index (χ0v) is 16.7. The molecule has 0 N–H and O–H groups in total. The third-order valence-electron chi connectivity index (χ3n) is 5.55. The molecule has 2 aromatic heterocycles. The van der Waals surface area contributed by atoms with E-state index in [9.17, 15) is 4.79 Å². The number of hydrogen-bond donors (Lipinski definition) is 0. The molecular formula is C19H21N7OS. The molecule has 0 radical (unpaired) electrons. The Morgan fingerprint density at radius 3 is 2.75 bits per heavy atom. The van der Waals surface area contributed by atoms with Crippen molar-refractivity contribution in [2.45, 2.75) is 39.4 Å². The van der Waals surface area contributed by atoms with Gasteiger partial charge in [-0.15, -0.1) is 10.2 Å². The number of aryl methyl sites for hydroxylation is 1. The van der Waals surface area contributed by atoms with Crippen LogP contribution in [0.5, 0.6) is 0 Å². The van der Waals surface area contributed by atoms with Gasteiger partial charge in [0, 0.05) is 26.2 Å². The normalized spacial score (nSPS) is 18.7. The quantitative estimate of drug-likeness (QED) is 0.633. The number of rotatable bonds is 1. The molecule has 28 heavy (non-hydrogen) atoms. The Hall–Kier alpha value is -2.81. The highest BCUT2D eigenvalue weighted by molar-refractivity contribution is 7.09. The van der Waals surface area contributed by atoms with Crippen LogP contribution in [0.15, 0.2) is 24.3 Å². The Bertz CT molecular complexity index is 1040. The average molecular weight is 395 g/mol. The van der Waals surface area contributed by atoms with Crippen molar-refractivity contribution in [3.05, 3.63) is 47.0 Å². The molecule has 8 nitrogen and oxygen atoms in total. The van der Waals surface area contributed by atoms with Gasteiger partial charge in [0.2, 0.25) is 0 Å². The van der Waals surface area contributed by atoms with E-state index in [4.69, 9.17) is 0 Å². The van der Waals surface area contributed by atoms with Gasteiger partial charge in [-0.25, -0.2) is 9.78 Å². The smallest absolute Gasteiger partial charge is 0.320 e. The molecule has 0 spiro atoms. The molecule has 2 aliphatic rings. The van der Waals surface area contributed by atoms with Gasteiger partial charge in [0.25, 0.3) is 0 Å². The molecule has 0 saturated carbocycles. The van der Waals surface area contributed by atoms with E-state index in [1.54, 1.807) is 0 Å². The van der Waals surface area contributed by atoms with E-state index in [-0.39, 0.29) is 12.1 Å². The second kappa shape index (κ2) is 6.66. The van der Waals surface area contributed by atoms with Gasteiger partial charge in [-0.1, -0.05) is 24.3 Å². The van der Waals surface area contributed by atoms with E-state index in [1.807, 2.05) is 29.7 Å². The Morgan fingerprint density at radius 2 is 1.96 bits per heavy atom. The highest BCUT2D eigenvalue weighted by Gasteiger charge is 2.35. The summed E-state index contributed by atoms with van der Waals surface area (Å²) in [6, 6.07) is 8.31. The molecule has 144 valence electrons. The molecule has 2 amide bonds. The molecule has 4 heterocycles. The van der Waals surface area contributed by atoms with E-state index in [2.05, 4.69) is 42.3 Å². The highest BCUT2D eigenvalue weighted by atomic mass is 32.1. The number of fused-ring (bicyclic) bond motifs is 2. The Morgan fingerprint density at radius 1 is 1.14 bits per heavy atom. The fourth-order valence-corrected chi connectivity index (χ4v) is 4.70. The predicted octanol–water partition coefficient (Wildman–Crippen LogP) is 2.66. The molecule has 9 heteroatoms. The lowest BCUT2D eigenvalue weighted by molar-refractivity contribution is 0.118. The van der Waals surface area contributed by atoms with Crippen molar-refractivity contribution in [1.29, 1.82) is 0 Å². The number of carbonyl (C=O) groups is 1. The highest BCUT2D eigenvalue weighted by Crippen LogP contribution is 2.30. The maximum Gasteiger partial charge on any atom is 0.320 e. The van der Waals surface area contributed by atoms with Crippen LogP contribution >= 0.6 is 11.5 Å². The molecular weight excluding hydrogens is 374 g/mol. The van der Waals surface area contributed by atoms with Gasteiger partial charge in [-0.3, -0.25) is 0 Å². The lowest BCUT2D eigenvalue weighted by Gasteiger charge is -2.39. The maximum atomic E-state index is 13.2. The first-order valence-corrected chi connectivity index (χ1v) is 10.3. The van der Waals surface area contributed by atoms with Crippen molar-refractivity contribution in [2.75, 3.05) is 13.1 Å². The van der Waals surface area contributed by atoms with E-state index in [0.717, 1.165) is 35.4 Å². The molecule has 0 aliphatic carbocycles. The largest absolute Gasteiger partial charge is 0.320 e. The molecule has 1 unspecified atom stereocenters. The van der Waals surface area contributed by atoms with Crippen molar-refractivity contribution in [1.82, 2.24) is 33.9 Å². The zero-order chi connectivity index (χ0) is 19.3. The topological polar surface area (TPSA) is 80.0 Å². The van der Waals surface area contributed by atoms with Crippen molar-refractivity contribution >= 4 is 17.6 Å². The van der Waals surface area contributed by atoms with Gasteiger partial charge >= 0.3 is 6.03 Å². The summed E-state index contributed by atoms with van der Waals surface area (Å²) in [4.78, 5) is 21.5. The van der Waals surface area contributed by atoms with E-state index >= 15 is 0 Å². The van der Waals surface area contributed by atoms with E-state index < -0.39 is 0 Å². The number of benzene rings is 1. The minimum absolute atomic E-state index is 0.0737. The van der Waals surface area contributed by atoms with Crippen molar-refractivity contribution in [2.24, 2.45) is 0 Å². The summed E-state index contributed by atoms with van der Waals surface area (Å²) >= 11 is 1.33. The van der Waals surface area contributed by atoms with Gasteiger partial charge in [0.05, 0.1) is 6.04 Å². The first kappa shape index (κ1) is 17.3. The number of amides is 2. The van der Waals surface area contributed by atoms with Crippen LogP contribution in [0.4, 0.5) is 4.79 Å². The maximum absolute atomic E-state index is 13.2. The van der Waals surface area contributed by atoms with Crippen LogP contribution in [-0.2, 0) is 19.5 Å². The van der Waals surface area contributed by atoms with Crippen molar-refractivity contribution < 1.29 is 4.79 Å². The molecule has 0 saturated heterocycles. The number of nitrogens with zero attached hydrogens (tertiary/aromatic N) is 7. The van der Waals surface area contributed by atoms with Gasteiger partial charge in [0.1, 0.15) is 5.82 Å². The van der Waals surface area contributed by atoms with Crippen LogP contribution < -0.4 is 0 Å². The zero-order valence-electron chi connectivity index (χ0n) is 15.9. The minimum Gasteiger partial charge on any atom is -0.320 e. The van der Waals surface area contributed by atoms with Crippen LogP contribution in [0, 0.1) is 6.92 Å². The minimum atomic E-state index is -0.131. The summed E-state index contributed by atoms with van der Waals surface area (Å²) in [6.45, 7) is 6.60. The molecule has 2 aliphatic heterocycles. The van der Waals surface area contributed by atoms with E-state index in [1.165, 1.54) is 22.7 Å². The summed E-state index contributed by atoms with van der Waals surface area (Å²) < 4.78 is 6.31. The van der Waals surface area contributed by atoms with Gasteiger partial charge in [-0.05, 0) is 42.9 Å². The molecule has 3 aromatic rings. The van der Waals surface area contributed by atoms with Crippen LogP contribution in [-0.4, -0.2) is 53.0 Å². The first-order valence-electron chi connectivity index (χ1n) is 9.48. The molecule has 1 atom stereocenters. The standard InChI is InChI=1S/C19H21N7OS/c1-12-16-21-22-17(18-20-13(2)23-28-18)26(16)10-9-25(12)19(27)24-8-7-14-5-3-4-6-15(14)11-24/h3-6,12H,7-11H2,1-2H3. The number of urea groups is 1. The molecule has 1 aromatic carbocycles. The van der Waals surface area contributed by atoms with Crippen LogP contribution in [0.2, 0.25) is 0 Å². The third kappa shape index (κ3) is 2.77. The van der Waals surface area contributed by atoms with Crippen LogP contribution in [0.3, 0.4) is 0 Å². The van der Waals surface area contributed by atoms with E-state index in [0.29, 0.717) is 19.6 Å². The summed E-state index contributed by atoms with van der Waals surface area (Å²) in [7, 11) is 0. The lowest BCUT2D eigenvalue weighted by Crippen LogP contribution is -2.49. The van der Waals surface area contributed by atoms with Gasteiger partial charge < -0.3 is 14.4 Å². The number of carbonyl (C=O) groups excluding carboxylic acids is 1. The Kier molecular flexibility index (Phi) is 4.12. The Balaban J connectivity index is 1.37. The summed E-state index contributed by atoms with van der Waals surface area (Å²) in [5.41, 5.74) is 2.58. The van der Waals surface area contributed by atoms with Crippen molar-refractivity contribution in [3.8, 4) is 10.8 Å². The molecule has 5 rings (SSSR count). The van der Waals surface area contributed by atoms with Crippen LogP contribution in [0.1, 0.15) is 35.7 Å². The fourth-order valence-electron chi connectivity index (χ4n) is 4.03. The number of hydrogen-bond acceptors (Lipinski definition) is 6. The summed E-state index contributed by atoms with van der Waals surface area (Å²) in [5, 5.41) is 9.49. The summed E-state index contributed by atoms with van der Waals surface area (Å²) in [6.07, 6.45) is 0.904. The van der Waals surface area contributed by atoms with Gasteiger partial charge in [-0.2, -0.15) is 4.37 Å². The SMILES string of the molecule is Cc1nsc(-c2nnc3n2CCN(C(=O)N2CCc4ccccc4C2)C3C)n1. The molecule has 0 bridgehead atoms. The Labute approximate surface area is 167 Å². The predicted molar refractivity (Wildman–Crippen MR) is 105 cm³/mol. The van der Waals surface area contributed by atoms with Crippen LogP contribution in [0.25, 0.3) is 10.8 Å². The monoisotopic (exact) mass is 395 g/mol. The second-order valence-corrected chi connectivity index (χ2v) is 8.02. The van der Waals surface area contributed by atoms with Gasteiger partial charge in [0.15, 0.2) is 16.7 Å². The number of aromatic nitrogens is 5. The third-order valence-corrected chi connectivity index (χ3v) is 6.35.